The van der Waals surface area contributed by atoms with Crippen LogP contribution in [-0.4, -0.2) is 12.2 Å². The molecule has 1 rings (SSSR count). The average Bonchev–Trinajstić information content (AvgIpc) is 2.41. The molecule has 0 fully saturated rings. The van der Waals surface area contributed by atoms with Gasteiger partial charge in [0.05, 0.1) is 0 Å². The summed E-state index contributed by atoms with van der Waals surface area (Å²) < 4.78 is 5.79. The van der Waals surface area contributed by atoms with E-state index in [1.165, 1.54) is 0 Å². The van der Waals surface area contributed by atoms with Crippen molar-refractivity contribution in [1.82, 2.24) is 3.80 Å². The summed E-state index contributed by atoms with van der Waals surface area (Å²) in [6.07, 6.45) is 4.70. The van der Waals surface area contributed by atoms with Gasteiger partial charge < -0.3 is 24.8 Å². The average molecular weight is 343 g/mol. The zero-order valence-electron chi connectivity index (χ0n) is 12.6. The maximum absolute atomic E-state index is 3.99. The smallest absolute Gasteiger partial charge is 1.00 e. The number of allylic oxidation sites excluding steroid dienone is 4. The minimum atomic E-state index is -1.20. The fraction of sp³-hybridized carbons (Fsp3) is 0.692. The predicted octanol–water partition coefficient (Wildman–Crippen LogP) is -2.62. The Bertz CT molecular complexity index is 321. The molecule has 1 aliphatic carbocycles. The summed E-state index contributed by atoms with van der Waals surface area (Å²) in [5.74, 6) is 0.694. The van der Waals surface area contributed by atoms with Gasteiger partial charge >= 0.3 is 109 Å². The number of halogens is 2. The van der Waals surface area contributed by atoms with Crippen LogP contribution in [0.1, 0.15) is 34.6 Å². The molecule has 5 heteroatoms. The number of nitrogens with one attached hydrogen (secondary N) is 1. The molecule has 0 heterocycles. The van der Waals surface area contributed by atoms with Crippen molar-refractivity contribution < 1.29 is 42.2 Å². The summed E-state index contributed by atoms with van der Waals surface area (Å²) in [5, 5.41) is 0. The summed E-state index contributed by atoms with van der Waals surface area (Å²) in [5.41, 5.74) is 1.84. The van der Waals surface area contributed by atoms with Crippen molar-refractivity contribution in [2.75, 3.05) is 0 Å². The second kappa shape index (κ2) is 8.29. The van der Waals surface area contributed by atoms with E-state index in [1.807, 2.05) is 0 Å². The molecule has 0 spiro atoms. The molecule has 1 nitrogen and oxygen atoms in total. The van der Waals surface area contributed by atoms with Crippen LogP contribution in [0.2, 0.25) is 13.1 Å². The Balaban J connectivity index is 0. The number of hydrogen-bond donors (Lipinski definition) is 1. The molecule has 0 aromatic rings. The van der Waals surface area contributed by atoms with Gasteiger partial charge in [0.2, 0.25) is 0 Å². The zero-order valence-corrected chi connectivity index (χ0v) is 16.8. The Hall–Kier alpha value is 0.951. The van der Waals surface area contributed by atoms with Crippen molar-refractivity contribution in [2.24, 2.45) is 5.92 Å². The minimum Gasteiger partial charge on any atom is -1.00 e. The summed E-state index contributed by atoms with van der Waals surface area (Å²) >= 11 is -1.20. The first-order valence-corrected chi connectivity index (χ1v) is 13.4. The van der Waals surface area contributed by atoms with Crippen LogP contribution >= 0.6 is 0 Å². The normalized spacial score (nSPS) is 18.8. The van der Waals surface area contributed by atoms with E-state index in [0.29, 0.717) is 5.92 Å². The Morgan fingerprint density at radius 2 is 1.72 bits per heavy atom. The van der Waals surface area contributed by atoms with Crippen molar-refractivity contribution >= 4 is 6.66 Å². The summed E-state index contributed by atoms with van der Waals surface area (Å²) in [4.78, 5) is 0. The Kier molecular flexibility index (Phi) is 9.78. The van der Waals surface area contributed by atoms with Gasteiger partial charge in [-0.05, 0) is 0 Å². The van der Waals surface area contributed by atoms with Gasteiger partial charge in [0, 0.05) is 0 Å². The van der Waals surface area contributed by atoms with Crippen LogP contribution in [0.4, 0.5) is 0 Å². The van der Waals surface area contributed by atoms with E-state index in [9.17, 15) is 0 Å². The summed E-state index contributed by atoms with van der Waals surface area (Å²) in [7, 11) is 0. The molecule has 1 unspecified atom stereocenters. The van der Waals surface area contributed by atoms with Crippen LogP contribution in [0.25, 0.3) is 0 Å². The number of rotatable bonds is 3. The van der Waals surface area contributed by atoms with Gasteiger partial charge in [0.15, 0.2) is 0 Å². The third-order valence-electron chi connectivity index (χ3n) is 2.89. The molecule has 105 valence electrons. The molecule has 0 saturated heterocycles. The molecule has 18 heavy (non-hydrogen) atoms. The van der Waals surface area contributed by atoms with Gasteiger partial charge in [0.25, 0.3) is 0 Å². The molecule has 1 aliphatic rings. The van der Waals surface area contributed by atoms with Gasteiger partial charge in [-0.2, -0.15) is 0 Å². The van der Waals surface area contributed by atoms with Crippen LogP contribution in [0, 0.1) is 5.92 Å². The second-order valence-electron chi connectivity index (χ2n) is 6.19. The van der Waals surface area contributed by atoms with E-state index < -0.39 is 24.0 Å². The van der Waals surface area contributed by atoms with Gasteiger partial charge in [-0.25, -0.2) is 0 Å². The molecule has 0 aromatic heterocycles. The van der Waals surface area contributed by atoms with Crippen LogP contribution < -0.4 is 28.6 Å². The Morgan fingerprint density at radius 3 is 2.00 bits per heavy atom. The van der Waals surface area contributed by atoms with Gasteiger partial charge in [0.1, 0.15) is 0 Å². The summed E-state index contributed by atoms with van der Waals surface area (Å²) in [6.45, 7) is 16.0. The van der Waals surface area contributed by atoms with Gasteiger partial charge in [-0.1, -0.05) is 0 Å². The first-order chi connectivity index (χ1) is 7.22. The van der Waals surface area contributed by atoms with Crippen molar-refractivity contribution in [1.29, 1.82) is 0 Å². The summed E-state index contributed by atoms with van der Waals surface area (Å²) in [6, 6.07) is 0. The minimum absolute atomic E-state index is 0. The Morgan fingerprint density at radius 1 is 1.22 bits per heavy atom. The Labute approximate surface area is 133 Å². The maximum atomic E-state index is 3.99. The first kappa shape index (κ1) is 21.3. The van der Waals surface area contributed by atoms with Crippen LogP contribution in [0.15, 0.2) is 21.6 Å². The molecular formula is C13H26Cl2NSiTi. The molecule has 1 atom stereocenters. The third kappa shape index (κ3) is 5.94. The fourth-order valence-corrected chi connectivity index (χ4v) is 14.4. The molecule has 0 saturated carbocycles. The molecule has 0 bridgehead atoms. The van der Waals surface area contributed by atoms with Crippen molar-refractivity contribution in [3.63, 3.8) is 0 Å². The van der Waals surface area contributed by atoms with E-state index in [4.69, 9.17) is 0 Å². The molecule has 0 radical (unpaired) electrons. The zero-order chi connectivity index (χ0) is 12.5. The molecule has 1 N–H and O–H groups in total. The van der Waals surface area contributed by atoms with Crippen molar-refractivity contribution in [3.05, 3.63) is 21.6 Å². The van der Waals surface area contributed by atoms with Crippen LogP contribution in [0.5, 0.6) is 0 Å². The second-order valence-corrected chi connectivity index (χ2v) is 18.8. The SMILES string of the molecule is CC1=[C]([Ti+2]([NH]C(C)(C)C)[SiH](C)C)C(C)C=C1.[Cl-].[Cl-]. The topological polar surface area (TPSA) is 12.0 Å². The van der Waals surface area contributed by atoms with E-state index >= 15 is 0 Å². The van der Waals surface area contributed by atoms with E-state index in [0.717, 1.165) is 0 Å². The van der Waals surface area contributed by atoms with Gasteiger partial charge in [-0.15, -0.1) is 0 Å². The van der Waals surface area contributed by atoms with Crippen molar-refractivity contribution in [3.8, 4) is 0 Å². The van der Waals surface area contributed by atoms with Crippen molar-refractivity contribution in [2.45, 2.75) is 53.3 Å². The third-order valence-corrected chi connectivity index (χ3v) is 15.2. The van der Waals surface area contributed by atoms with Crippen LogP contribution in [-0.2, 0) is 17.4 Å². The standard InChI is InChI=1S/C7H9.C4H10N.C2H7Si.2ClH.Ti/c1-6-3-4-7(2)5-6;1-4(2,3)5;1-3-2;;;/h3-4,6H,1-2H3;5H,1-3H3;3H,1-2H3;2*1H;/q;-1;;;;+3/p-2. The monoisotopic (exact) mass is 342 g/mol. The number of hydrogen-bond acceptors (Lipinski definition) is 1. The van der Waals surface area contributed by atoms with Crippen LogP contribution in [0.3, 0.4) is 0 Å². The van der Waals surface area contributed by atoms with E-state index in [1.54, 1.807) is 9.45 Å². The first-order valence-electron chi connectivity index (χ1n) is 6.26. The molecule has 0 amide bonds. The predicted molar refractivity (Wildman–Crippen MR) is 72.8 cm³/mol. The maximum Gasteiger partial charge on any atom is -1.00 e. The molecular weight excluding hydrogens is 317 g/mol. The molecule has 0 aromatic carbocycles. The molecule has 0 aliphatic heterocycles. The van der Waals surface area contributed by atoms with E-state index in [2.05, 4.69) is 63.7 Å². The quantitative estimate of drug-likeness (QED) is 0.554. The van der Waals surface area contributed by atoms with Gasteiger partial charge in [-0.3, -0.25) is 0 Å². The fourth-order valence-electron chi connectivity index (χ4n) is 2.22. The largest absolute Gasteiger partial charge is 1.00 e. The van der Waals surface area contributed by atoms with E-state index in [-0.39, 0.29) is 30.4 Å².